The van der Waals surface area contributed by atoms with Crippen LogP contribution in [0.4, 0.5) is 4.79 Å². The highest BCUT2D eigenvalue weighted by molar-refractivity contribution is 5.88. The Hall–Kier alpha value is -1.56. The first-order valence-electron chi connectivity index (χ1n) is 8.29. The van der Waals surface area contributed by atoms with Gasteiger partial charge in [-0.05, 0) is 53.0 Å². The average Bonchev–Trinajstić information content (AvgIpc) is 2.45. The Morgan fingerprint density at radius 1 is 1.17 bits per heavy atom. The van der Waals surface area contributed by atoms with E-state index in [-0.39, 0.29) is 12.0 Å². The summed E-state index contributed by atoms with van der Waals surface area (Å²) >= 11 is 0. The fraction of sp³-hybridized carbons (Fsp3) is 0.765. The zero-order chi connectivity index (χ0) is 17.2. The van der Waals surface area contributed by atoms with Crippen LogP contribution < -0.4 is 0 Å². The first-order valence-corrected chi connectivity index (χ1v) is 8.29. The highest BCUT2D eigenvalue weighted by Gasteiger charge is 2.32. The van der Waals surface area contributed by atoms with Gasteiger partial charge in [-0.1, -0.05) is 5.57 Å². The van der Waals surface area contributed by atoms with Crippen LogP contribution in [0, 0.1) is 5.92 Å². The maximum atomic E-state index is 12.1. The van der Waals surface area contributed by atoms with Crippen molar-refractivity contribution in [3.8, 4) is 0 Å². The number of hydrogen-bond acceptors (Lipinski definition) is 4. The van der Waals surface area contributed by atoms with Crippen LogP contribution in [-0.2, 0) is 9.53 Å². The molecule has 0 saturated carbocycles. The van der Waals surface area contributed by atoms with Crippen LogP contribution in [-0.4, -0.2) is 65.8 Å². The Labute approximate surface area is 138 Å². The van der Waals surface area contributed by atoms with Crippen molar-refractivity contribution in [1.82, 2.24) is 9.80 Å². The topological polar surface area (TPSA) is 70.1 Å². The van der Waals surface area contributed by atoms with Crippen LogP contribution >= 0.6 is 0 Å². The zero-order valence-corrected chi connectivity index (χ0v) is 14.6. The smallest absolute Gasteiger partial charge is 0.410 e. The van der Waals surface area contributed by atoms with Gasteiger partial charge in [-0.25, -0.2) is 9.59 Å². The second-order valence-corrected chi connectivity index (χ2v) is 7.54. The van der Waals surface area contributed by atoms with Crippen LogP contribution in [0.1, 0.15) is 40.0 Å². The molecule has 2 rings (SSSR count). The second kappa shape index (κ2) is 6.91. The number of aliphatic carboxylic acids is 1. The molecule has 0 aromatic rings. The Morgan fingerprint density at radius 2 is 1.78 bits per heavy atom. The van der Waals surface area contributed by atoms with Crippen LogP contribution in [0.15, 0.2) is 11.1 Å². The van der Waals surface area contributed by atoms with E-state index in [2.05, 4.69) is 0 Å². The van der Waals surface area contributed by atoms with E-state index in [1.807, 2.05) is 32.7 Å². The Kier molecular flexibility index (Phi) is 5.34. The molecule has 6 nitrogen and oxygen atoms in total. The number of piperidine rings is 1. The van der Waals surface area contributed by atoms with E-state index in [0.717, 1.165) is 31.4 Å². The van der Waals surface area contributed by atoms with Crippen LogP contribution in [0.3, 0.4) is 0 Å². The number of carbonyl (C=O) groups excluding carboxylic acids is 1. The molecule has 23 heavy (non-hydrogen) atoms. The normalized spacial score (nSPS) is 21.5. The van der Waals surface area contributed by atoms with Crippen molar-refractivity contribution >= 4 is 12.1 Å². The SMILES string of the molecule is CN1CCC(C2CCN(C(=O)OC(C)(C)C)CC2)=C(C(=O)O)C1. The number of likely N-dealkylation sites (tertiary alicyclic amines) is 1. The minimum Gasteiger partial charge on any atom is -0.478 e. The molecule has 0 aromatic heterocycles. The zero-order valence-electron chi connectivity index (χ0n) is 14.6. The number of carboxylic acid groups (broad SMARTS) is 1. The van der Waals surface area contributed by atoms with E-state index in [4.69, 9.17) is 4.74 Å². The van der Waals surface area contributed by atoms with Crippen molar-refractivity contribution in [2.75, 3.05) is 33.2 Å². The van der Waals surface area contributed by atoms with Gasteiger partial charge in [0, 0.05) is 26.2 Å². The van der Waals surface area contributed by atoms with E-state index in [0.29, 0.717) is 25.2 Å². The van der Waals surface area contributed by atoms with Gasteiger partial charge in [0.05, 0.1) is 5.57 Å². The number of carbonyl (C=O) groups is 2. The van der Waals surface area contributed by atoms with E-state index in [9.17, 15) is 14.7 Å². The van der Waals surface area contributed by atoms with Gasteiger partial charge < -0.3 is 19.6 Å². The monoisotopic (exact) mass is 324 g/mol. The quantitative estimate of drug-likeness (QED) is 0.844. The fourth-order valence-electron chi connectivity index (χ4n) is 3.31. The number of ether oxygens (including phenoxy) is 1. The molecule has 0 bridgehead atoms. The molecule has 0 atom stereocenters. The summed E-state index contributed by atoms with van der Waals surface area (Å²) in [5.74, 6) is -0.533. The molecule has 0 aliphatic carbocycles. The number of likely N-dealkylation sites (N-methyl/N-ethyl adjacent to an activating group) is 1. The lowest BCUT2D eigenvalue weighted by atomic mass is 9.82. The molecule has 2 aliphatic heterocycles. The number of amides is 1. The minimum absolute atomic E-state index is 0.272. The first-order chi connectivity index (χ1) is 10.7. The van der Waals surface area contributed by atoms with Gasteiger partial charge in [0.15, 0.2) is 0 Å². The standard InChI is InChI=1S/C17H28N2O4/c1-17(2,3)23-16(22)19-9-5-12(6-10-19)13-7-8-18(4)11-14(13)15(20)21/h12H,5-11H2,1-4H3,(H,20,21). The summed E-state index contributed by atoms with van der Waals surface area (Å²) in [7, 11) is 1.95. The molecule has 6 heteroatoms. The number of carboxylic acids is 1. The fourth-order valence-corrected chi connectivity index (χ4v) is 3.31. The van der Waals surface area contributed by atoms with Crippen molar-refractivity contribution in [3.05, 3.63) is 11.1 Å². The third kappa shape index (κ3) is 4.70. The van der Waals surface area contributed by atoms with E-state index >= 15 is 0 Å². The maximum absolute atomic E-state index is 12.1. The lowest BCUT2D eigenvalue weighted by Crippen LogP contribution is -2.43. The van der Waals surface area contributed by atoms with Gasteiger partial charge in [0.1, 0.15) is 5.60 Å². The third-order valence-corrected chi connectivity index (χ3v) is 4.48. The third-order valence-electron chi connectivity index (χ3n) is 4.48. The molecule has 1 fully saturated rings. The molecule has 2 heterocycles. The summed E-state index contributed by atoms with van der Waals surface area (Å²) in [4.78, 5) is 27.4. The van der Waals surface area contributed by atoms with Crippen LogP contribution in [0.25, 0.3) is 0 Å². The van der Waals surface area contributed by atoms with E-state index in [1.54, 1.807) is 4.90 Å². The van der Waals surface area contributed by atoms with Gasteiger partial charge in [-0.15, -0.1) is 0 Å². The predicted octanol–water partition coefficient (Wildman–Crippen LogP) is 2.35. The highest BCUT2D eigenvalue weighted by Crippen LogP contribution is 2.32. The Bertz CT molecular complexity index is 499. The van der Waals surface area contributed by atoms with Gasteiger partial charge in [0.2, 0.25) is 0 Å². The molecule has 130 valence electrons. The Morgan fingerprint density at radius 3 is 2.30 bits per heavy atom. The van der Waals surface area contributed by atoms with Gasteiger partial charge in [-0.3, -0.25) is 0 Å². The van der Waals surface area contributed by atoms with Crippen LogP contribution in [0.2, 0.25) is 0 Å². The summed E-state index contributed by atoms with van der Waals surface area (Å²) in [5.41, 5.74) is 1.15. The predicted molar refractivity (Wildman–Crippen MR) is 87.3 cm³/mol. The van der Waals surface area contributed by atoms with Gasteiger partial charge in [-0.2, -0.15) is 0 Å². The molecule has 0 unspecified atom stereocenters. The summed E-state index contributed by atoms with van der Waals surface area (Å²) in [6, 6.07) is 0. The first kappa shape index (κ1) is 17.8. The molecule has 0 radical (unpaired) electrons. The molecule has 0 aromatic carbocycles. The largest absolute Gasteiger partial charge is 0.478 e. The summed E-state index contributed by atoms with van der Waals surface area (Å²) in [6.07, 6.45) is 2.17. The molecular formula is C17H28N2O4. The molecule has 1 N–H and O–H groups in total. The summed E-state index contributed by atoms with van der Waals surface area (Å²) in [6.45, 7) is 8.26. The number of nitrogens with zero attached hydrogens (tertiary/aromatic N) is 2. The van der Waals surface area contributed by atoms with Crippen molar-refractivity contribution in [1.29, 1.82) is 0 Å². The molecule has 1 amide bonds. The molecule has 0 spiro atoms. The lowest BCUT2D eigenvalue weighted by Gasteiger charge is -2.37. The van der Waals surface area contributed by atoms with Crippen molar-refractivity contribution in [2.45, 2.75) is 45.6 Å². The minimum atomic E-state index is -0.805. The average molecular weight is 324 g/mol. The van der Waals surface area contributed by atoms with E-state index in [1.165, 1.54) is 0 Å². The number of hydrogen-bond donors (Lipinski definition) is 1. The summed E-state index contributed by atoms with van der Waals surface area (Å²) in [5, 5.41) is 9.46. The molecular weight excluding hydrogens is 296 g/mol. The number of rotatable bonds is 2. The second-order valence-electron chi connectivity index (χ2n) is 7.54. The van der Waals surface area contributed by atoms with Gasteiger partial charge >= 0.3 is 12.1 Å². The van der Waals surface area contributed by atoms with Crippen molar-refractivity contribution in [2.24, 2.45) is 5.92 Å². The Balaban J connectivity index is 1.99. The highest BCUT2D eigenvalue weighted by atomic mass is 16.6. The van der Waals surface area contributed by atoms with Crippen molar-refractivity contribution < 1.29 is 19.4 Å². The maximum Gasteiger partial charge on any atom is 0.410 e. The molecule has 2 aliphatic rings. The van der Waals surface area contributed by atoms with Crippen LogP contribution in [0.5, 0.6) is 0 Å². The lowest BCUT2D eigenvalue weighted by molar-refractivity contribution is -0.133. The van der Waals surface area contributed by atoms with Crippen molar-refractivity contribution in [3.63, 3.8) is 0 Å². The van der Waals surface area contributed by atoms with Gasteiger partial charge in [0.25, 0.3) is 0 Å². The molecule has 1 saturated heterocycles. The summed E-state index contributed by atoms with van der Waals surface area (Å²) < 4.78 is 5.41. The van der Waals surface area contributed by atoms with E-state index < -0.39 is 11.6 Å².